The zero-order chi connectivity index (χ0) is 14.3. The molecule has 0 fully saturated rings. The Hall–Kier alpha value is -2.24. The SMILES string of the molecule is CCOc1cc2c(cc1C1NC(=O)N=C1N)OC(C)C2. The molecule has 6 heteroatoms. The highest BCUT2D eigenvalue weighted by Crippen LogP contribution is 2.38. The maximum atomic E-state index is 11.3. The fourth-order valence-electron chi connectivity index (χ4n) is 2.61. The van der Waals surface area contributed by atoms with Gasteiger partial charge in [0.15, 0.2) is 0 Å². The first kappa shape index (κ1) is 12.8. The van der Waals surface area contributed by atoms with E-state index in [9.17, 15) is 4.79 Å². The molecule has 0 saturated carbocycles. The molecule has 0 aromatic heterocycles. The Balaban J connectivity index is 2.03. The number of nitrogens with two attached hydrogens (primary N) is 1. The average molecular weight is 275 g/mol. The van der Waals surface area contributed by atoms with Crippen LogP contribution in [0.1, 0.15) is 31.0 Å². The Morgan fingerprint density at radius 2 is 2.35 bits per heavy atom. The number of rotatable bonds is 3. The first-order chi connectivity index (χ1) is 9.58. The Bertz CT molecular complexity index is 598. The summed E-state index contributed by atoms with van der Waals surface area (Å²) in [6, 6.07) is 2.98. The van der Waals surface area contributed by atoms with E-state index in [2.05, 4.69) is 10.3 Å². The number of carbonyl (C=O) groups is 1. The molecule has 6 nitrogen and oxygen atoms in total. The van der Waals surface area contributed by atoms with Gasteiger partial charge in [0.2, 0.25) is 0 Å². The second kappa shape index (κ2) is 4.70. The molecule has 0 bridgehead atoms. The van der Waals surface area contributed by atoms with E-state index in [1.165, 1.54) is 0 Å². The first-order valence-electron chi connectivity index (χ1n) is 6.69. The summed E-state index contributed by atoms with van der Waals surface area (Å²) in [7, 11) is 0. The standard InChI is InChI=1S/C14H17N3O3/c1-3-19-11-5-8-4-7(2)20-10(8)6-9(11)12-13(15)17-14(18)16-12/h5-7,12H,3-4H2,1-2H3,(H3,15,16,17,18). The third-order valence-electron chi connectivity index (χ3n) is 3.43. The Morgan fingerprint density at radius 1 is 1.55 bits per heavy atom. The van der Waals surface area contributed by atoms with Crippen LogP contribution in [0.2, 0.25) is 0 Å². The summed E-state index contributed by atoms with van der Waals surface area (Å²) in [5.74, 6) is 1.79. The van der Waals surface area contributed by atoms with E-state index < -0.39 is 12.1 Å². The van der Waals surface area contributed by atoms with Crippen LogP contribution in [0.25, 0.3) is 0 Å². The Labute approximate surface area is 117 Å². The molecule has 106 valence electrons. The fourth-order valence-corrected chi connectivity index (χ4v) is 2.61. The molecule has 2 amide bonds. The molecule has 1 aromatic carbocycles. The van der Waals surface area contributed by atoms with Crippen molar-refractivity contribution in [3.05, 3.63) is 23.3 Å². The number of benzene rings is 1. The number of hydrogen-bond acceptors (Lipinski definition) is 4. The van der Waals surface area contributed by atoms with Crippen molar-refractivity contribution in [2.24, 2.45) is 10.7 Å². The zero-order valence-electron chi connectivity index (χ0n) is 11.5. The fraction of sp³-hybridized carbons (Fsp3) is 0.429. The Morgan fingerprint density at radius 3 is 3.00 bits per heavy atom. The molecule has 2 aliphatic heterocycles. The monoisotopic (exact) mass is 275 g/mol. The predicted octanol–water partition coefficient (Wildman–Crippen LogP) is 1.53. The van der Waals surface area contributed by atoms with E-state index in [-0.39, 0.29) is 11.9 Å². The van der Waals surface area contributed by atoms with Gasteiger partial charge in [-0.2, -0.15) is 4.99 Å². The zero-order valence-corrected chi connectivity index (χ0v) is 11.5. The number of hydrogen-bond donors (Lipinski definition) is 2. The number of nitrogens with one attached hydrogen (secondary N) is 1. The van der Waals surface area contributed by atoms with Crippen LogP contribution >= 0.6 is 0 Å². The topological polar surface area (TPSA) is 85.9 Å². The number of fused-ring (bicyclic) bond motifs is 1. The van der Waals surface area contributed by atoms with Gasteiger partial charge in [-0.3, -0.25) is 0 Å². The van der Waals surface area contributed by atoms with E-state index in [1.807, 2.05) is 26.0 Å². The summed E-state index contributed by atoms with van der Waals surface area (Å²) < 4.78 is 11.4. The van der Waals surface area contributed by atoms with E-state index in [4.69, 9.17) is 15.2 Å². The number of amidine groups is 1. The molecule has 20 heavy (non-hydrogen) atoms. The van der Waals surface area contributed by atoms with E-state index in [0.29, 0.717) is 12.4 Å². The van der Waals surface area contributed by atoms with Crippen LogP contribution in [0.15, 0.2) is 17.1 Å². The van der Waals surface area contributed by atoms with Crippen molar-refractivity contribution >= 4 is 11.9 Å². The molecular formula is C14H17N3O3. The molecule has 0 spiro atoms. The van der Waals surface area contributed by atoms with Crippen molar-refractivity contribution in [1.29, 1.82) is 0 Å². The minimum atomic E-state index is -0.450. The minimum Gasteiger partial charge on any atom is -0.493 e. The summed E-state index contributed by atoms with van der Waals surface area (Å²) in [6.07, 6.45) is 1.01. The quantitative estimate of drug-likeness (QED) is 0.876. The highest BCUT2D eigenvalue weighted by atomic mass is 16.5. The van der Waals surface area contributed by atoms with Gasteiger partial charge < -0.3 is 20.5 Å². The van der Waals surface area contributed by atoms with Crippen molar-refractivity contribution in [3.63, 3.8) is 0 Å². The lowest BCUT2D eigenvalue weighted by Crippen LogP contribution is -2.28. The van der Waals surface area contributed by atoms with E-state index >= 15 is 0 Å². The normalized spacial score (nSPS) is 23.9. The molecule has 2 unspecified atom stereocenters. The van der Waals surface area contributed by atoms with Crippen LogP contribution in [0, 0.1) is 0 Å². The van der Waals surface area contributed by atoms with Crippen LogP contribution in [-0.4, -0.2) is 24.6 Å². The van der Waals surface area contributed by atoms with Gasteiger partial charge in [0.25, 0.3) is 0 Å². The molecule has 3 rings (SSSR count). The van der Waals surface area contributed by atoms with Gasteiger partial charge in [0, 0.05) is 17.5 Å². The number of aliphatic imine (C=N–C) groups is 1. The first-order valence-corrected chi connectivity index (χ1v) is 6.69. The number of nitrogens with zero attached hydrogens (tertiary/aromatic N) is 1. The van der Waals surface area contributed by atoms with Crippen LogP contribution in [0.3, 0.4) is 0 Å². The van der Waals surface area contributed by atoms with Crippen LogP contribution in [0.4, 0.5) is 4.79 Å². The van der Waals surface area contributed by atoms with Gasteiger partial charge in [0.05, 0.1) is 6.61 Å². The summed E-state index contributed by atoms with van der Waals surface area (Å²) in [4.78, 5) is 15.0. The predicted molar refractivity (Wildman–Crippen MR) is 74.3 cm³/mol. The van der Waals surface area contributed by atoms with Crippen molar-refractivity contribution in [1.82, 2.24) is 5.32 Å². The lowest BCUT2D eigenvalue weighted by atomic mass is 10.0. The van der Waals surface area contributed by atoms with E-state index in [0.717, 1.165) is 23.3 Å². The van der Waals surface area contributed by atoms with Gasteiger partial charge >= 0.3 is 6.03 Å². The summed E-state index contributed by atoms with van der Waals surface area (Å²) in [6.45, 7) is 4.48. The molecule has 2 aliphatic rings. The molecule has 1 aromatic rings. The maximum absolute atomic E-state index is 11.3. The molecule has 0 aliphatic carbocycles. The number of urea groups is 1. The second-order valence-electron chi connectivity index (χ2n) is 4.98. The molecule has 0 saturated heterocycles. The highest BCUT2D eigenvalue weighted by Gasteiger charge is 2.31. The largest absolute Gasteiger partial charge is 0.493 e. The van der Waals surface area contributed by atoms with Gasteiger partial charge in [-0.05, 0) is 26.0 Å². The molecule has 2 heterocycles. The summed E-state index contributed by atoms with van der Waals surface area (Å²) in [5.41, 5.74) is 7.71. The van der Waals surface area contributed by atoms with Crippen LogP contribution in [-0.2, 0) is 6.42 Å². The van der Waals surface area contributed by atoms with Crippen molar-refractivity contribution < 1.29 is 14.3 Å². The van der Waals surface area contributed by atoms with Crippen LogP contribution < -0.4 is 20.5 Å². The smallest absolute Gasteiger partial charge is 0.343 e. The number of amides is 2. The summed E-state index contributed by atoms with van der Waals surface area (Å²) >= 11 is 0. The Kier molecular flexibility index (Phi) is 3.00. The van der Waals surface area contributed by atoms with Gasteiger partial charge in [-0.15, -0.1) is 0 Å². The third kappa shape index (κ3) is 2.07. The average Bonchev–Trinajstić information content (AvgIpc) is 2.89. The number of ether oxygens (including phenoxy) is 2. The maximum Gasteiger partial charge on any atom is 0.343 e. The second-order valence-corrected chi connectivity index (χ2v) is 4.98. The van der Waals surface area contributed by atoms with Crippen molar-refractivity contribution in [3.8, 4) is 11.5 Å². The van der Waals surface area contributed by atoms with E-state index in [1.54, 1.807) is 0 Å². The van der Waals surface area contributed by atoms with Crippen molar-refractivity contribution in [2.75, 3.05) is 6.61 Å². The molecule has 0 radical (unpaired) electrons. The van der Waals surface area contributed by atoms with Gasteiger partial charge in [0.1, 0.15) is 29.5 Å². The lowest BCUT2D eigenvalue weighted by Gasteiger charge is -2.17. The summed E-state index contributed by atoms with van der Waals surface area (Å²) in [5, 5.41) is 2.72. The van der Waals surface area contributed by atoms with Gasteiger partial charge in [-0.25, -0.2) is 4.79 Å². The lowest BCUT2D eigenvalue weighted by molar-refractivity contribution is 0.249. The molecule has 2 atom stereocenters. The molecule has 3 N–H and O–H groups in total. The third-order valence-corrected chi connectivity index (χ3v) is 3.43. The number of carbonyl (C=O) groups excluding carboxylic acids is 1. The van der Waals surface area contributed by atoms with Crippen molar-refractivity contribution in [2.45, 2.75) is 32.4 Å². The minimum absolute atomic E-state index is 0.152. The highest BCUT2D eigenvalue weighted by molar-refractivity contribution is 6.03. The van der Waals surface area contributed by atoms with Gasteiger partial charge in [-0.1, -0.05) is 0 Å². The molecular weight excluding hydrogens is 258 g/mol. The van der Waals surface area contributed by atoms with Crippen LogP contribution in [0.5, 0.6) is 11.5 Å².